The number of hydrogen-bond acceptors (Lipinski definition) is 16. The van der Waals surface area contributed by atoms with Crippen LogP contribution < -0.4 is 31.6 Å². The molecule has 19 heteroatoms. The first-order chi connectivity index (χ1) is 35.1. The SMILES string of the molecule is CC(=O)O.CNCC(C(=O)C(CNC)N1CCC(n2nc(-c3ccc(Oc4ccccc4)cc3)c3c(N)ncnc32)CC1)N1CCC(n2nc(-c3ccc(Oc4ccccc4)cc3)c3c(N)ncnc32)CC1. The molecule has 6 heterocycles. The van der Waals surface area contributed by atoms with E-state index < -0.39 is 5.97 Å². The largest absolute Gasteiger partial charge is 0.481 e. The molecule has 372 valence electrons. The average Bonchev–Trinajstić information content (AvgIpc) is 4.00. The summed E-state index contributed by atoms with van der Waals surface area (Å²) in [5.41, 5.74) is 17.7. The van der Waals surface area contributed by atoms with Gasteiger partial charge in [-0.1, -0.05) is 36.4 Å². The average molecular weight is 973 g/mol. The first-order valence-electron chi connectivity index (χ1n) is 24.2. The molecule has 8 aromatic rings. The lowest BCUT2D eigenvalue weighted by molar-refractivity contribution is -0.134. The number of para-hydroxylation sites is 2. The zero-order valence-electron chi connectivity index (χ0n) is 40.6. The summed E-state index contributed by atoms with van der Waals surface area (Å²) < 4.78 is 16.1. The van der Waals surface area contributed by atoms with Crippen LogP contribution >= 0.6 is 0 Å². The number of carboxylic acids is 1. The number of nitrogens with two attached hydrogens (primary N) is 2. The van der Waals surface area contributed by atoms with Crippen molar-refractivity contribution in [2.24, 2.45) is 0 Å². The first-order valence-corrected chi connectivity index (χ1v) is 24.2. The molecule has 4 aromatic carbocycles. The van der Waals surface area contributed by atoms with E-state index in [1.54, 1.807) is 0 Å². The summed E-state index contributed by atoms with van der Waals surface area (Å²) >= 11 is 0. The van der Waals surface area contributed by atoms with E-state index in [-0.39, 0.29) is 30.0 Å². The Morgan fingerprint density at radius 2 is 0.931 bits per heavy atom. The van der Waals surface area contributed by atoms with E-state index in [9.17, 15) is 4.79 Å². The second-order valence-electron chi connectivity index (χ2n) is 18.0. The van der Waals surface area contributed by atoms with Gasteiger partial charge in [0.1, 0.15) is 58.7 Å². The Bertz CT molecular complexity index is 2880. The number of likely N-dealkylation sites (N-methyl/N-ethyl adjacent to an activating group) is 2. The van der Waals surface area contributed by atoms with Crippen molar-refractivity contribution in [3.8, 4) is 45.5 Å². The van der Waals surface area contributed by atoms with Crippen LogP contribution in [-0.4, -0.2) is 132 Å². The van der Waals surface area contributed by atoms with Crippen molar-refractivity contribution in [3.63, 3.8) is 0 Å². The molecule has 10 rings (SSSR count). The molecule has 0 amide bonds. The number of likely N-dealkylation sites (tertiary alicyclic amines) is 2. The molecule has 2 fully saturated rings. The fourth-order valence-corrected chi connectivity index (χ4v) is 9.83. The van der Waals surface area contributed by atoms with E-state index in [2.05, 4.69) is 40.4 Å². The molecule has 0 spiro atoms. The third-order valence-electron chi connectivity index (χ3n) is 13.3. The molecule has 0 saturated carbocycles. The van der Waals surface area contributed by atoms with Crippen LogP contribution in [0.3, 0.4) is 0 Å². The smallest absolute Gasteiger partial charge is 0.300 e. The number of rotatable bonds is 16. The normalized spacial score (nSPS) is 15.7. The predicted molar refractivity (Wildman–Crippen MR) is 277 cm³/mol. The van der Waals surface area contributed by atoms with Gasteiger partial charge in [0.05, 0.1) is 34.9 Å². The number of anilines is 2. The Hall–Kier alpha value is -7.84. The molecule has 7 N–H and O–H groups in total. The van der Waals surface area contributed by atoms with Gasteiger partial charge in [0.25, 0.3) is 5.97 Å². The van der Waals surface area contributed by atoms with Crippen molar-refractivity contribution < 1.29 is 24.2 Å². The maximum Gasteiger partial charge on any atom is 0.300 e. The summed E-state index contributed by atoms with van der Waals surface area (Å²) in [6.45, 7) is 5.08. The third kappa shape index (κ3) is 10.9. The summed E-state index contributed by atoms with van der Waals surface area (Å²) in [6, 6.07) is 34.6. The highest BCUT2D eigenvalue weighted by Crippen LogP contribution is 2.38. The highest BCUT2D eigenvalue weighted by Gasteiger charge is 2.38. The van der Waals surface area contributed by atoms with E-state index in [0.29, 0.717) is 36.0 Å². The Kier molecular flexibility index (Phi) is 15.4. The fourth-order valence-electron chi connectivity index (χ4n) is 9.83. The van der Waals surface area contributed by atoms with Crippen molar-refractivity contribution in [3.05, 3.63) is 122 Å². The van der Waals surface area contributed by atoms with Crippen LogP contribution in [0.4, 0.5) is 11.6 Å². The highest BCUT2D eigenvalue weighted by molar-refractivity contribution is 5.99. The van der Waals surface area contributed by atoms with Crippen LogP contribution in [0.2, 0.25) is 0 Å². The minimum absolute atomic E-state index is 0.0579. The van der Waals surface area contributed by atoms with E-state index in [4.69, 9.17) is 41.0 Å². The van der Waals surface area contributed by atoms with E-state index >= 15 is 0 Å². The summed E-state index contributed by atoms with van der Waals surface area (Å²) in [7, 11) is 3.83. The maximum absolute atomic E-state index is 14.8. The number of fused-ring (bicyclic) bond motifs is 2. The standard InChI is InChI=1S/C51H56N14O3.C2H4O2/c1-54-29-41(62-25-21-35(22-26-62)64-50-43(48(52)56-31-58-50)45(60-64)33-13-17-39(18-14-33)67-37-9-5-3-6-10-37)47(66)42(30-55-2)63-27-23-36(24-28-63)65-51-44(49(53)57-32-59-51)46(61-65)34-15-19-40(20-16-34)68-38-11-7-4-8-12-38;1-2(3)4/h3-20,31-32,35-36,41-42,54-55H,21-30H2,1-2H3,(H2,52,56,58)(H2,53,57,59);1H3,(H,3,4). The number of carbonyl (C=O) groups excluding carboxylic acids is 1. The number of nitrogens with zero attached hydrogens (tertiary/aromatic N) is 10. The predicted octanol–water partition coefficient (Wildman–Crippen LogP) is 6.86. The zero-order chi connectivity index (χ0) is 50.1. The Morgan fingerprint density at radius 1 is 0.583 bits per heavy atom. The van der Waals surface area contributed by atoms with Crippen molar-refractivity contribution in [2.45, 2.75) is 56.8 Å². The number of carbonyl (C=O) groups is 2. The molecule has 2 saturated heterocycles. The highest BCUT2D eigenvalue weighted by atomic mass is 16.5. The van der Waals surface area contributed by atoms with Crippen LogP contribution in [0.15, 0.2) is 122 Å². The molecule has 0 radical (unpaired) electrons. The molecule has 72 heavy (non-hydrogen) atoms. The summed E-state index contributed by atoms with van der Waals surface area (Å²) in [5.74, 6) is 3.12. The second kappa shape index (κ2) is 22.5. The molecule has 0 bridgehead atoms. The summed E-state index contributed by atoms with van der Waals surface area (Å²) in [4.78, 5) is 46.6. The monoisotopic (exact) mass is 972 g/mol. The van der Waals surface area contributed by atoms with Gasteiger partial charge in [0.2, 0.25) is 0 Å². The topological polar surface area (TPSA) is 243 Å². The number of nitrogens with one attached hydrogen (secondary N) is 2. The van der Waals surface area contributed by atoms with E-state index in [1.165, 1.54) is 12.7 Å². The first kappa shape index (κ1) is 49.2. The van der Waals surface area contributed by atoms with Gasteiger partial charge in [0.15, 0.2) is 17.1 Å². The number of piperidine rings is 2. The van der Waals surface area contributed by atoms with Gasteiger partial charge in [-0.15, -0.1) is 0 Å². The molecule has 2 aliphatic heterocycles. The number of hydrogen-bond donors (Lipinski definition) is 5. The van der Waals surface area contributed by atoms with Gasteiger partial charge in [-0.3, -0.25) is 19.4 Å². The lowest BCUT2D eigenvalue weighted by Gasteiger charge is -2.41. The van der Waals surface area contributed by atoms with Crippen molar-refractivity contribution in [1.82, 2.24) is 59.9 Å². The Labute approximate surface area is 417 Å². The number of nitrogen functional groups attached to an aromatic ring is 2. The lowest BCUT2D eigenvalue weighted by Crippen LogP contribution is -2.59. The van der Waals surface area contributed by atoms with Gasteiger partial charge < -0.3 is 36.7 Å². The lowest BCUT2D eigenvalue weighted by atomic mass is 9.95. The minimum Gasteiger partial charge on any atom is -0.481 e. The van der Waals surface area contributed by atoms with Crippen molar-refractivity contribution in [1.29, 1.82) is 0 Å². The maximum atomic E-state index is 14.8. The molecular weight excluding hydrogens is 913 g/mol. The second-order valence-corrected chi connectivity index (χ2v) is 18.0. The molecule has 0 aliphatic carbocycles. The summed E-state index contributed by atoms with van der Waals surface area (Å²) in [5, 5.41) is 25.9. The van der Waals surface area contributed by atoms with Crippen LogP contribution in [0.25, 0.3) is 44.6 Å². The van der Waals surface area contributed by atoms with Gasteiger partial charge >= 0.3 is 0 Å². The number of aromatic nitrogens is 8. The van der Waals surface area contributed by atoms with Gasteiger partial charge in [-0.25, -0.2) is 29.3 Å². The van der Waals surface area contributed by atoms with Crippen molar-refractivity contribution >= 4 is 45.5 Å². The van der Waals surface area contributed by atoms with Crippen molar-refractivity contribution in [2.75, 3.05) is 64.8 Å². The van der Waals surface area contributed by atoms with Crippen LogP contribution in [0, 0.1) is 0 Å². The molecule has 2 atom stereocenters. The molecule has 4 aromatic heterocycles. The Balaban J connectivity index is 0.00000154. The number of ketones is 1. The van der Waals surface area contributed by atoms with Gasteiger partial charge in [0, 0.05) is 57.3 Å². The molecular formula is C53H60N14O5. The van der Waals surface area contributed by atoms with Crippen LogP contribution in [0.1, 0.15) is 44.7 Å². The van der Waals surface area contributed by atoms with E-state index in [0.717, 1.165) is 115 Å². The van der Waals surface area contributed by atoms with Crippen LogP contribution in [0.5, 0.6) is 23.0 Å². The zero-order valence-corrected chi connectivity index (χ0v) is 40.6. The Morgan fingerprint density at radius 3 is 1.28 bits per heavy atom. The van der Waals surface area contributed by atoms with Gasteiger partial charge in [-0.2, -0.15) is 10.2 Å². The molecule has 2 unspecified atom stereocenters. The molecule has 2 aliphatic rings. The number of benzene rings is 4. The fraction of sp³-hybridized carbons (Fsp3) is 0.321. The molecule has 19 nitrogen and oxygen atoms in total. The summed E-state index contributed by atoms with van der Waals surface area (Å²) in [6.07, 6.45) is 6.16. The number of ether oxygens (including phenoxy) is 2. The number of Topliss-reactive ketones (excluding diaryl/α,β-unsaturated/α-hetero) is 1. The number of carboxylic acid groups (broad SMARTS) is 1. The van der Waals surface area contributed by atoms with Crippen LogP contribution in [-0.2, 0) is 9.59 Å². The number of aliphatic carboxylic acids is 1. The minimum atomic E-state index is -0.833. The quantitative estimate of drug-likeness (QED) is 0.0664. The van der Waals surface area contributed by atoms with Gasteiger partial charge in [-0.05, 0) is 113 Å². The van der Waals surface area contributed by atoms with E-state index in [1.807, 2.05) is 133 Å². The third-order valence-corrected chi connectivity index (χ3v) is 13.3.